The number of fused-ring (bicyclic) bond motifs is 1. The highest BCUT2D eigenvalue weighted by atomic mass is 35.5. The summed E-state index contributed by atoms with van der Waals surface area (Å²) in [6.07, 6.45) is 1.81. The molecular formula is C20H22Cl2N4O5S. The molecule has 9 nitrogen and oxygen atoms in total. The predicted molar refractivity (Wildman–Crippen MR) is 122 cm³/mol. The van der Waals surface area contributed by atoms with E-state index in [9.17, 15) is 18.3 Å². The maximum Gasteiger partial charge on any atom is 0.305 e. The van der Waals surface area contributed by atoms with Crippen LogP contribution in [0.4, 0.5) is 11.6 Å². The van der Waals surface area contributed by atoms with Crippen molar-refractivity contribution >= 4 is 51.0 Å². The average Bonchev–Trinajstić information content (AvgIpc) is 2.78. The number of nitrogens with one attached hydrogen (secondary N) is 1. The van der Waals surface area contributed by atoms with Gasteiger partial charge in [-0.15, -0.1) is 0 Å². The Morgan fingerprint density at radius 3 is 2.50 bits per heavy atom. The van der Waals surface area contributed by atoms with Crippen molar-refractivity contribution in [3.63, 3.8) is 0 Å². The van der Waals surface area contributed by atoms with Crippen LogP contribution in [-0.4, -0.2) is 61.1 Å². The number of carbonyl (C=O) groups excluding carboxylic acids is 1. The number of aliphatic hydroxyl groups is 1. The molecule has 1 aromatic carbocycles. The number of anilines is 2. The zero-order chi connectivity index (χ0) is 22.9. The van der Waals surface area contributed by atoms with E-state index in [-0.39, 0.29) is 46.1 Å². The first-order valence-electron chi connectivity index (χ1n) is 10.1. The Balaban J connectivity index is 1.67. The van der Waals surface area contributed by atoms with Gasteiger partial charge in [0.25, 0.3) is 5.91 Å². The molecular weight excluding hydrogens is 479 g/mol. The molecule has 0 radical (unpaired) electrons. The number of nitrogens with zero attached hydrogens (tertiary/aromatic N) is 3. The number of piperidine rings is 1. The molecule has 0 bridgehead atoms. The van der Waals surface area contributed by atoms with Gasteiger partial charge < -0.3 is 15.2 Å². The van der Waals surface area contributed by atoms with Crippen LogP contribution < -0.4 is 14.4 Å². The number of aromatic nitrogens is 1. The lowest BCUT2D eigenvalue weighted by molar-refractivity contribution is 0.102. The Morgan fingerprint density at radius 2 is 1.84 bits per heavy atom. The van der Waals surface area contributed by atoms with Gasteiger partial charge in [-0.05, 0) is 37.1 Å². The van der Waals surface area contributed by atoms with Crippen LogP contribution in [0.1, 0.15) is 29.6 Å². The maximum absolute atomic E-state index is 13.4. The number of benzene rings is 1. The summed E-state index contributed by atoms with van der Waals surface area (Å²) in [7, 11) is -3.89. The molecule has 172 valence electrons. The molecule has 3 heterocycles. The van der Waals surface area contributed by atoms with E-state index in [0.29, 0.717) is 13.1 Å². The normalized spacial score (nSPS) is 19.2. The van der Waals surface area contributed by atoms with Crippen molar-refractivity contribution in [2.24, 2.45) is 0 Å². The van der Waals surface area contributed by atoms with E-state index in [0.717, 1.165) is 23.6 Å². The number of carbonyl (C=O) groups is 1. The van der Waals surface area contributed by atoms with Gasteiger partial charge in [0.2, 0.25) is 0 Å². The summed E-state index contributed by atoms with van der Waals surface area (Å²) >= 11 is 12.2. The third-order valence-electron chi connectivity index (χ3n) is 5.29. The van der Waals surface area contributed by atoms with Crippen molar-refractivity contribution in [1.82, 2.24) is 9.29 Å². The fourth-order valence-corrected chi connectivity index (χ4v) is 5.96. The SMILES string of the molecule is O=C(Nc1ccc2c(n1)N(S(=O)(=O)N1CCCCC1)C[C@H](CO)O2)c1c(Cl)cccc1Cl. The summed E-state index contributed by atoms with van der Waals surface area (Å²) < 4.78 is 35.0. The van der Waals surface area contributed by atoms with Gasteiger partial charge in [0.1, 0.15) is 11.9 Å². The summed E-state index contributed by atoms with van der Waals surface area (Å²) in [6, 6.07) is 7.69. The molecule has 2 N–H and O–H groups in total. The van der Waals surface area contributed by atoms with Gasteiger partial charge in [-0.25, -0.2) is 9.29 Å². The molecule has 32 heavy (non-hydrogen) atoms. The quantitative estimate of drug-likeness (QED) is 0.652. The minimum absolute atomic E-state index is 0.0447. The van der Waals surface area contributed by atoms with Gasteiger partial charge in [0.15, 0.2) is 11.6 Å². The minimum Gasteiger partial charge on any atom is -0.482 e. The van der Waals surface area contributed by atoms with Crippen LogP contribution in [0.15, 0.2) is 30.3 Å². The van der Waals surface area contributed by atoms with Crippen molar-refractivity contribution in [3.05, 3.63) is 45.9 Å². The second kappa shape index (κ2) is 9.40. The van der Waals surface area contributed by atoms with E-state index < -0.39 is 22.2 Å². The standard InChI is InChI=1S/C20H22Cl2N4O5S/c21-14-5-4-6-15(22)18(14)20(28)24-17-8-7-16-19(23-17)26(11-13(12-27)31-16)32(29,30)25-9-2-1-3-10-25/h4-8,13,27H,1-3,9-12H2,(H,23,24,28)/t13-/m1/s1. The largest absolute Gasteiger partial charge is 0.482 e. The summed E-state index contributed by atoms with van der Waals surface area (Å²) in [5.41, 5.74) is 0.0877. The summed E-state index contributed by atoms with van der Waals surface area (Å²) in [6.45, 7) is 0.387. The van der Waals surface area contributed by atoms with Crippen molar-refractivity contribution < 1.29 is 23.1 Å². The Morgan fingerprint density at radius 1 is 1.16 bits per heavy atom. The van der Waals surface area contributed by atoms with Crippen molar-refractivity contribution in [2.75, 3.05) is 35.9 Å². The molecule has 0 saturated carbocycles. The molecule has 0 unspecified atom stereocenters. The first kappa shape index (κ1) is 23.1. The lowest BCUT2D eigenvalue weighted by Gasteiger charge is -2.37. The smallest absolute Gasteiger partial charge is 0.305 e. The highest BCUT2D eigenvalue weighted by Crippen LogP contribution is 2.36. The molecule has 2 aliphatic heterocycles. The molecule has 2 aliphatic rings. The van der Waals surface area contributed by atoms with E-state index in [1.807, 2.05) is 0 Å². The Hall–Kier alpha value is -2.11. The van der Waals surface area contributed by atoms with Crippen LogP contribution in [0.2, 0.25) is 10.0 Å². The van der Waals surface area contributed by atoms with E-state index >= 15 is 0 Å². The number of aliphatic hydroxyl groups excluding tert-OH is 1. The summed E-state index contributed by atoms with van der Waals surface area (Å²) in [4.78, 5) is 17.1. The molecule has 0 spiro atoms. The van der Waals surface area contributed by atoms with Gasteiger partial charge in [-0.1, -0.05) is 35.7 Å². The molecule has 1 atom stereocenters. The lowest BCUT2D eigenvalue weighted by Crippen LogP contribution is -2.52. The fraction of sp³-hybridized carbons (Fsp3) is 0.400. The first-order chi connectivity index (χ1) is 15.3. The summed E-state index contributed by atoms with van der Waals surface area (Å²) in [5.74, 6) is -0.230. The van der Waals surface area contributed by atoms with E-state index in [2.05, 4.69) is 10.3 Å². The second-order valence-corrected chi connectivity index (χ2v) is 10.2. The highest BCUT2D eigenvalue weighted by Gasteiger charge is 2.38. The van der Waals surface area contributed by atoms with Crippen LogP contribution in [0.25, 0.3) is 0 Å². The van der Waals surface area contributed by atoms with Crippen molar-refractivity contribution in [2.45, 2.75) is 25.4 Å². The average molecular weight is 501 g/mol. The van der Waals surface area contributed by atoms with E-state index in [1.54, 1.807) is 18.2 Å². The van der Waals surface area contributed by atoms with E-state index in [1.165, 1.54) is 16.4 Å². The number of hydrogen-bond acceptors (Lipinski definition) is 6. The van der Waals surface area contributed by atoms with Gasteiger partial charge in [-0.2, -0.15) is 12.7 Å². The molecule has 2 aromatic rings. The van der Waals surface area contributed by atoms with Crippen LogP contribution in [0.3, 0.4) is 0 Å². The Bertz CT molecular complexity index is 1100. The minimum atomic E-state index is -3.89. The lowest BCUT2D eigenvalue weighted by atomic mass is 10.2. The van der Waals surface area contributed by atoms with Crippen LogP contribution in [0.5, 0.6) is 5.75 Å². The molecule has 1 amide bonds. The second-order valence-electron chi connectivity index (χ2n) is 7.49. The monoisotopic (exact) mass is 500 g/mol. The van der Waals surface area contributed by atoms with Crippen LogP contribution in [-0.2, 0) is 10.2 Å². The molecule has 1 aromatic heterocycles. The number of halogens is 2. The van der Waals surface area contributed by atoms with Crippen molar-refractivity contribution in [1.29, 1.82) is 0 Å². The Kier molecular flexibility index (Phi) is 6.78. The number of ether oxygens (including phenoxy) is 1. The number of amides is 1. The van der Waals surface area contributed by atoms with Crippen LogP contribution in [0, 0.1) is 0 Å². The summed E-state index contributed by atoms with van der Waals surface area (Å²) in [5, 5.41) is 12.6. The number of pyridine rings is 1. The predicted octanol–water partition coefficient (Wildman–Crippen LogP) is 2.93. The molecule has 12 heteroatoms. The first-order valence-corrected chi connectivity index (χ1v) is 12.3. The number of hydrogen-bond donors (Lipinski definition) is 2. The molecule has 4 rings (SSSR count). The Labute approximate surface area is 196 Å². The fourth-order valence-electron chi connectivity index (χ4n) is 3.69. The van der Waals surface area contributed by atoms with Gasteiger partial charge in [0, 0.05) is 13.1 Å². The van der Waals surface area contributed by atoms with Gasteiger partial charge >= 0.3 is 10.2 Å². The number of rotatable bonds is 5. The molecule has 1 saturated heterocycles. The topological polar surface area (TPSA) is 112 Å². The molecule has 0 aliphatic carbocycles. The zero-order valence-corrected chi connectivity index (χ0v) is 19.3. The van der Waals surface area contributed by atoms with Crippen molar-refractivity contribution in [3.8, 4) is 5.75 Å². The van der Waals surface area contributed by atoms with E-state index in [4.69, 9.17) is 27.9 Å². The van der Waals surface area contributed by atoms with Crippen LogP contribution >= 0.6 is 23.2 Å². The third-order valence-corrected chi connectivity index (χ3v) is 7.82. The van der Waals surface area contributed by atoms with Gasteiger partial charge in [0.05, 0.1) is 28.8 Å². The zero-order valence-electron chi connectivity index (χ0n) is 17.0. The maximum atomic E-state index is 13.4. The third kappa shape index (κ3) is 4.51. The van der Waals surface area contributed by atoms with Gasteiger partial charge in [-0.3, -0.25) is 4.79 Å². The highest BCUT2D eigenvalue weighted by molar-refractivity contribution is 7.90. The molecule has 1 fully saturated rings.